The zero-order valence-corrected chi connectivity index (χ0v) is 23.1. The minimum absolute atomic E-state index is 0.0301. The molecule has 0 unspecified atom stereocenters. The standard InChI is InChI=1S/C28H29Cl2N3O4S/c29-20-9-14-26(24(19-20)28(34)33-17-15-32(16-18-33)21-5-1-2-6-21)31-38(35,36)23-12-10-22(11-13-23)37-27-8-4-3-7-25(27)30/h3-4,7-14,19,21,31H,1-2,5-6,15-18H2. The van der Waals surface area contributed by atoms with Gasteiger partial charge in [-0.1, -0.05) is 48.2 Å². The number of amides is 1. The van der Waals surface area contributed by atoms with E-state index < -0.39 is 10.0 Å². The van der Waals surface area contributed by atoms with Gasteiger partial charge in [0, 0.05) is 37.2 Å². The molecule has 0 spiro atoms. The third kappa shape index (κ3) is 6.10. The maximum Gasteiger partial charge on any atom is 0.261 e. The van der Waals surface area contributed by atoms with E-state index in [9.17, 15) is 13.2 Å². The van der Waals surface area contributed by atoms with Crippen molar-refractivity contribution in [1.29, 1.82) is 0 Å². The number of rotatable bonds is 7. The summed E-state index contributed by atoms with van der Waals surface area (Å²) in [5.74, 6) is 0.673. The van der Waals surface area contributed by atoms with Gasteiger partial charge in [0.2, 0.25) is 0 Å². The first kappa shape index (κ1) is 26.8. The SMILES string of the molecule is O=C(c1cc(Cl)ccc1NS(=O)(=O)c1ccc(Oc2ccccc2Cl)cc1)N1CCN(C2CCCC2)CC1. The Morgan fingerprint density at radius 1 is 0.895 bits per heavy atom. The number of halogens is 2. The van der Waals surface area contributed by atoms with Gasteiger partial charge < -0.3 is 9.64 Å². The molecule has 200 valence electrons. The summed E-state index contributed by atoms with van der Waals surface area (Å²) in [6.45, 7) is 2.84. The van der Waals surface area contributed by atoms with Crippen molar-refractivity contribution in [3.05, 3.63) is 82.3 Å². The Hall–Kier alpha value is -2.78. The summed E-state index contributed by atoms with van der Waals surface area (Å²) in [5, 5.41) is 0.813. The van der Waals surface area contributed by atoms with Crippen molar-refractivity contribution in [1.82, 2.24) is 9.80 Å². The van der Waals surface area contributed by atoms with Crippen LogP contribution in [0.4, 0.5) is 5.69 Å². The minimum Gasteiger partial charge on any atom is -0.456 e. The third-order valence-electron chi connectivity index (χ3n) is 7.10. The molecule has 1 aliphatic carbocycles. The molecule has 1 saturated heterocycles. The third-order valence-corrected chi connectivity index (χ3v) is 9.03. The van der Waals surface area contributed by atoms with E-state index in [0.717, 1.165) is 13.1 Å². The lowest BCUT2D eigenvalue weighted by Crippen LogP contribution is -2.51. The van der Waals surface area contributed by atoms with Gasteiger partial charge in [-0.3, -0.25) is 14.4 Å². The molecule has 3 aromatic rings. The number of ether oxygens (including phenoxy) is 1. The molecule has 1 saturated carbocycles. The van der Waals surface area contributed by atoms with Gasteiger partial charge >= 0.3 is 0 Å². The van der Waals surface area contributed by atoms with Crippen molar-refractivity contribution < 1.29 is 17.9 Å². The molecule has 0 radical (unpaired) electrons. The predicted octanol–water partition coefficient (Wildman–Crippen LogP) is 6.29. The number of piperazine rings is 1. The van der Waals surface area contributed by atoms with Crippen molar-refractivity contribution in [3.8, 4) is 11.5 Å². The highest BCUT2D eigenvalue weighted by molar-refractivity contribution is 7.92. The van der Waals surface area contributed by atoms with Gasteiger partial charge in [0.1, 0.15) is 11.5 Å². The molecule has 7 nitrogen and oxygen atoms in total. The van der Waals surface area contributed by atoms with Crippen LogP contribution in [-0.4, -0.2) is 56.3 Å². The summed E-state index contributed by atoms with van der Waals surface area (Å²) in [7, 11) is -3.98. The molecule has 0 bridgehead atoms. The van der Waals surface area contributed by atoms with Crippen LogP contribution in [-0.2, 0) is 10.0 Å². The fraction of sp³-hybridized carbons (Fsp3) is 0.321. The van der Waals surface area contributed by atoms with Crippen LogP contribution in [0.25, 0.3) is 0 Å². The molecule has 1 heterocycles. The van der Waals surface area contributed by atoms with E-state index in [0.29, 0.717) is 40.7 Å². The highest BCUT2D eigenvalue weighted by Gasteiger charge is 2.29. The number of carbonyl (C=O) groups excluding carboxylic acids is 1. The van der Waals surface area contributed by atoms with E-state index >= 15 is 0 Å². The molecule has 1 N–H and O–H groups in total. The number of nitrogens with one attached hydrogen (secondary N) is 1. The molecule has 2 aliphatic rings. The number of hydrogen-bond acceptors (Lipinski definition) is 5. The van der Waals surface area contributed by atoms with Crippen molar-refractivity contribution in [2.45, 2.75) is 36.6 Å². The van der Waals surface area contributed by atoms with Crippen LogP contribution in [0.2, 0.25) is 10.0 Å². The highest BCUT2D eigenvalue weighted by atomic mass is 35.5. The van der Waals surface area contributed by atoms with Crippen LogP contribution in [0.1, 0.15) is 36.0 Å². The van der Waals surface area contributed by atoms with Crippen LogP contribution in [0.15, 0.2) is 71.6 Å². The van der Waals surface area contributed by atoms with Gasteiger partial charge in [0.15, 0.2) is 0 Å². The van der Waals surface area contributed by atoms with E-state index in [4.69, 9.17) is 27.9 Å². The molecular formula is C28H29Cl2N3O4S. The van der Waals surface area contributed by atoms with Gasteiger partial charge in [-0.05, 0) is 67.4 Å². The fourth-order valence-corrected chi connectivity index (χ4v) is 6.48. The fourth-order valence-electron chi connectivity index (χ4n) is 5.06. The van der Waals surface area contributed by atoms with Gasteiger partial charge in [0.25, 0.3) is 15.9 Å². The Morgan fingerprint density at radius 3 is 2.26 bits per heavy atom. The summed E-state index contributed by atoms with van der Waals surface area (Å²) in [5.41, 5.74) is 0.420. The number of nitrogens with zero attached hydrogens (tertiary/aromatic N) is 2. The first-order chi connectivity index (χ1) is 18.3. The first-order valence-corrected chi connectivity index (χ1v) is 14.9. The van der Waals surface area contributed by atoms with Crippen molar-refractivity contribution in [2.75, 3.05) is 30.9 Å². The summed E-state index contributed by atoms with van der Waals surface area (Å²) >= 11 is 12.4. The monoisotopic (exact) mass is 573 g/mol. The quantitative estimate of drug-likeness (QED) is 0.359. The lowest BCUT2D eigenvalue weighted by atomic mass is 10.1. The van der Waals surface area contributed by atoms with Crippen molar-refractivity contribution >= 4 is 44.8 Å². The Balaban J connectivity index is 1.29. The molecule has 2 fully saturated rings. The van der Waals surface area contributed by atoms with E-state index in [1.807, 2.05) is 0 Å². The average molecular weight is 575 g/mol. The summed E-state index contributed by atoms with van der Waals surface area (Å²) in [6.07, 6.45) is 4.99. The summed E-state index contributed by atoms with van der Waals surface area (Å²) < 4.78 is 34.8. The Morgan fingerprint density at radius 2 is 1.58 bits per heavy atom. The molecular weight excluding hydrogens is 545 g/mol. The zero-order valence-electron chi connectivity index (χ0n) is 20.8. The van der Waals surface area contributed by atoms with E-state index in [1.54, 1.807) is 47.4 Å². The van der Waals surface area contributed by atoms with Gasteiger partial charge in [-0.25, -0.2) is 8.42 Å². The molecule has 1 aliphatic heterocycles. The normalized spacial score (nSPS) is 16.9. The number of anilines is 1. The van der Waals surface area contributed by atoms with Crippen LogP contribution < -0.4 is 9.46 Å². The lowest BCUT2D eigenvalue weighted by molar-refractivity contribution is 0.0574. The second-order valence-electron chi connectivity index (χ2n) is 9.57. The Bertz CT molecular complexity index is 1400. The number of carbonyl (C=O) groups is 1. The molecule has 5 rings (SSSR count). The molecule has 3 aromatic carbocycles. The Kier molecular flexibility index (Phi) is 8.14. The molecule has 0 aromatic heterocycles. The van der Waals surface area contributed by atoms with Crippen LogP contribution in [0, 0.1) is 0 Å². The second kappa shape index (κ2) is 11.5. The number of para-hydroxylation sites is 1. The zero-order chi connectivity index (χ0) is 26.7. The average Bonchev–Trinajstić information content (AvgIpc) is 3.46. The first-order valence-electron chi connectivity index (χ1n) is 12.7. The van der Waals surface area contributed by atoms with Crippen LogP contribution in [0.5, 0.6) is 11.5 Å². The van der Waals surface area contributed by atoms with Crippen molar-refractivity contribution in [3.63, 3.8) is 0 Å². The van der Waals surface area contributed by atoms with Crippen molar-refractivity contribution in [2.24, 2.45) is 0 Å². The molecule has 38 heavy (non-hydrogen) atoms. The van der Waals surface area contributed by atoms with Gasteiger partial charge in [-0.15, -0.1) is 0 Å². The number of hydrogen-bond donors (Lipinski definition) is 1. The molecule has 0 atom stereocenters. The predicted molar refractivity (Wildman–Crippen MR) is 150 cm³/mol. The highest BCUT2D eigenvalue weighted by Crippen LogP contribution is 2.31. The van der Waals surface area contributed by atoms with Gasteiger partial charge in [-0.2, -0.15) is 0 Å². The summed E-state index contributed by atoms with van der Waals surface area (Å²) in [4.78, 5) is 17.7. The maximum atomic E-state index is 13.5. The van der Waals surface area contributed by atoms with Crippen LogP contribution >= 0.6 is 23.2 Å². The number of benzene rings is 3. The molecule has 10 heteroatoms. The maximum absolute atomic E-state index is 13.5. The second-order valence-corrected chi connectivity index (χ2v) is 12.1. The Labute approximate surface area is 233 Å². The number of sulfonamides is 1. The van der Waals surface area contributed by atoms with E-state index in [1.165, 1.54) is 49.9 Å². The van der Waals surface area contributed by atoms with E-state index in [-0.39, 0.29) is 22.1 Å². The topological polar surface area (TPSA) is 78.9 Å². The minimum atomic E-state index is -3.98. The lowest BCUT2D eigenvalue weighted by Gasteiger charge is -2.38. The largest absolute Gasteiger partial charge is 0.456 e. The van der Waals surface area contributed by atoms with Gasteiger partial charge in [0.05, 0.1) is 21.2 Å². The van der Waals surface area contributed by atoms with Crippen LogP contribution in [0.3, 0.4) is 0 Å². The summed E-state index contributed by atoms with van der Waals surface area (Å²) in [6, 6.07) is 18.2. The molecule has 1 amide bonds. The van der Waals surface area contributed by atoms with E-state index in [2.05, 4.69) is 9.62 Å². The smallest absolute Gasteiger partial charge is 0.261 e.